The molecule has 2 nitrogen and oxygen atoms in total. The van der Waals surface area contributed by atoms with Gasteiger partial charge in [-0.3, -0.25) is 0 Å². The van der Waals surface area contributed by atoms with E-state index in [4.69, 9.17) is 11.6 Å². The second kappa shape index (κ2) is 8.35. The Morgan fingerprint density at radius 1 is 0.900 bits per heavy atom. The van der Waals surface area contributed by atoms with Gasteiger partial charge in [-0.15, -0.1) is 4.91 Å². The van der Waals surface area contributed by atoms with Crippen molar-refractivity contribution in [2.75, 3.05) is 0 Å². The summed E-state index contributed by atoms with van der Waals surface area (Å²) in [6.07, 6.45) is 15.3. The van der Waals surface area contributed by atoms with E-state index in [2.05, 4.69) is 39.8 Å². The maximum Gasteiger partial charge on any atom is 0.178 e. The van der Waals surface area contributed by atoms with Crippen LogP contribution in [-0.2, 0) is 0 Å². The summed E-state index contributed by atoms with van der Waals surface area (Å²) in [6, 6.07) is 0. The number of alkyl halides is 1. The normalized spacial score (nSPS) is 49.2. The van der Waals surface area contributed by atoms with E-state index in [0.29, 0.717) is 5.41 Å². The molecule has 4 aliphatic rings. The summed E-state index contributed by atoms with van der Waals surface area (Å²) in [4.78, 5) is 10.9. The lowest BCUT2D eigenvalue weighted by Gasteiger charge is -2.62. The highest BCUT2D eigenvalue weighted by Crippen LogP contribution is 2.70. The summed E-state index contributed by atoms with van der Waals surface area (Å²) in [5.41, 5.74) is 0.760. The van der Waals surface area contributed by atoms with Crippen LogP contribution in [0.1, 0.15) is 112 Å². The van der Waals surface area contributed by atoms with Gasteiger partial charge in [-0.25, -0.2) is 0 Å². The molecule has 0 aromatic carbocycles. The zero-order valence-corrected chi connectivity index (χ0v) is 21.0. The molecule has 0 saturated heterocycles. The topological polar surface area (TPSA) is 29.4 Å². The maximum absolute atomic E-state index is 11.7. The van der Waals surface area contributed by atoms with Gasteiger partial charge in [0.05, 0.1) is 0 Å². The van der Waals surface area contributed by atoms with E-state index in [1.54, 1.807) is 0 Å². The Hall–Kier alpha value is -0.110. The van der Waals surface area contributed by atoms with Crippen LogP contribution in [-0.4, -0.2) is 5.00 Å². The monoisotopic (exact) mass is 435 g/mol. The summed E-state index contributed by atoms with van der Waals surface area (Å²) < 4.78 is 0. The summed E-state index contributed by atoms with van der Waals surface area (Å²) in [5.74, 6) is 5.40. The summed E-state index contributed by atoms with van der Waals surface area (Å²) in [5, 5.41) is 3.52. The average Bonchev–Trinajstić information content (AvgIpc) is 3.05. The summed E-state index contributed by atoms with van der Waals surface area (Å²) >= 11 is 6.85. The van der Waals surface area contributed by atoms with Crippen molar-refractivity contribution < 1.29 is 0 Å². The van der Waals surface area contributed by atoms with Gasteiger partial charge >= 0.3 is 0 Å². The summed E-state index contributed by atoms with van der Waals surface area (Å²) in [6.45, 7) is 12.4. The van der Waals surface area contributed by atoms with Crippen LogP contribution in [0.4, 0.5) is 0 Å². The summed E-state index contributed by atoms with van der Waals surface area (Å²) in [7, 11) is 0. The zero-order valence-electron chi connectivity index (χ0n) is 20.3. The molecule has 0 N–H and O–H groups in total. The van der Waals surface area contributed by atoms with Crippen molar-refractivity contribution >= 4 is 11.6 Å². The van der Waals surface area contributed by atoms with Crippen molar-refractivity contribution in [2.24, 2.45) is 57.4 Å². The number of halogens is 1. The Morgan fingerprint density at radius 3 is 2.33 bits per heavy atom. The van der Waals surface area contributed by atoms with E-state index >= 15 is 0 Å². The molecule has 0 bridgehead atoms. The molecule has 9 atom stereocenters. The average molecular weight is 436 g/mol. The molecular formula is C27H46ClNO. The molecular weight excluding hydrogens is 390 g/mol. The van der Waals surface area contributed by atoms with Crippen LogP contribution < -0.4 is 0 Å². The maximum atomic E-state index is 11.7. The van der Waals surface area contributed by atoms with E-state index in [0.717, 1.165) is 54.8 Å². The third-order valence-corrected chi connectivity index (χ3v) is 11.5. The number of nitrogens with zero attached hydrogens (tertiary/aromatic N) is 1. The number of hydrogen-bond donors (Lipinski definition) is 0. The fourth-order valence-electron chi connectivity index (χ4n) is 9.57. The van der Waals surface area contributed by atoms with Gasteiger partial charge in [0, 0.05) is 5.92 Å². The minimum absolute atomic E-state index is 0.221. The highest BCUT2D eigenvalue weighted by molar-refractivity contribution is 6.24. The highest BCUT2D eigenvalue weighted by Gasteiger charge is 2.63. The van der Waals surface area contributed by atoms with E-state index in [1.165, 1.54) is 57.8 Å². The SMILES string of the molecule is CC(C)CCC[C@@H](C)[C@@H]1CC[C@@H]2[C@@H]3CC[C@@H]4[C@](C)(CCC[C@]4(Cl)N=O)[C@H]3CC[C@@]21C. The lowest BCUT2D eigenvalue weighted by Crippen LogP contribution is -2.57. The first-order valence-electron chi connectivity index (χ1n) is 13.2. The molecule has 0 aromatic rings. The molecule has 3 heteroatoms. The first-order valence-corrected chi connectivity index (χ1v) is 13.6. The molecule has 4 saturated carbocycles. The lowest BCUT2D eigenvalue weighted by molar-refractivity contribution is -0.123. The smallest absolute Gasteiger partial charge is 0.149 e. The molecule has 4 rings (SSSR count). The second-order valence-corrected chi connectivity index (χ2v) is 13.5. The zero-order chi connectivity index (χ0) is 21.7. The molecule has 0 aliphatic heterocycles. The van der Waals surface area contributed by atoms with Crippen LogP contribution in [0, 0.1) is 57.2 Å². The first-order chi connectivity index (χ1) is 14.2. The van der Waals surface area contributed by atoms with E-state index in [9.17, 15) is 4.91 Å². The number of fused-ring (bicyclic) bond motifs is 5. The van der Waals surface area contributed by atoms with Gasteiger partial charge in [0.2, 0.25) is 0 Å². The molecule has 30 heavy (non-hydrogen) atoms. The standard InChI is InChI=1S/C27H46ClNO/c1-18(2)8-6-9-19(3)21-11-12-22-20-10-13-24-26(5,15-7-16-27(24,28)29-30)23(20)14-17-25(21,22)4/h18-24H,6-17H2,1-5H3/t19-,20+,21+,22-,23+,24-,25-,26-,27+/m1/s1. The van der Waals surface area contributed by atoms with Gasteiger partial charge in [-0.2, -0.15) is 0 Å². The third-order valence-electron chi connectivity index (χ3n) is 11.0. The fraction of sp³-hybridized carbons (Fsp3) is 1.00. The van der Waals surface area contributed by atoms with Crippen molar-refractivity contribution in [3.05, 3.63) is 4.91 Å². The molecule has 0 radical (unpaired) electrons. The van der Waals surface area contributed by atoms with Gasteiger partial charge in [-0.05, 0) is 109 Å². The van der Waals surface area contributed by atoms with E-state index < -0.39 is 5.00 Å². The van der Waals surface area contributed by atoms with E-state index in [1.807, 2.05) is 0 Å². The predicted octanol–water partition coefficient (Wildman–Crippen LogP) is 8.81. The molecule has 4 fully saturated rings. The van der Waals surface area contributed by atoms with Gasteiger partial charge < -0.3 is 0 Å². The van der Waals surface area contributed by atoms with Crippen molar-refractivity contribution in [2.45, 2.75) is 117 Å². The van der Waals surface area contributed by atoms with Crippen LogP contribution >= 0.6 is 11.6 Å². The molecule has 0 aromatic heterocycles. The fourth-order valence-corrected chi connectivity index (χ4v) is 10.1. The van der Waals surface area contributed by atoms with Crippen molar-refractivity contribution in [3.8, 4) is 0 Å². The van der Waals surface area contributed by atoms with Gasteiger partial charge in [0.25, 0.3) is 0 Å². The largest absolute Gasteiger partial charge is 0.178 e. The number of rotatable bonds is 6. The molecule has 0 amide bonds. The first kappa shape index (κ1) is 23.1. The molecule has 0 spiro atoms. The number of hydrogen-bond acceptors (Lipinski definition) is 2. The number of nitroso groups, excluding NO2 is 1. The molecule has 0 unspecified atom stereocenters. The minimum atomic E-state index is -0.831. The van der Waals surface area contributed by atoms with Gasteiger partial charge in [0.15, 0.2) is 5.00 Å². The molecule has 4 aliphatic carbocycles. The highest BCUT2D eigenvalue weighted by atomic mass is 35.5. The van der Waals surface area contributed by atoms with Crippen LogP contribution in [0.3, 0.4) is 0 Å². The predicted molar refractivity (Wildman–Crippen MR) is 127 cm³/mol. The van der Waals surface area contributed by atoms with Gasteiger partial charge in [0.1, 0.15) is 0 Å². The minimum Gasteiger partial charge on any atom is -0.149 e. The molecule has 172 valence electrons. The Bertz CT molecular complexity index is 636. The Kier molecular flexibility index (Phi) is 6.42. The Morgan fingerprint density at radius 2 is 1.63 bits per heavy atom. The molecule has 0 heterocycles. The quantitative estimate of drug-likeness (QED) is 0.232. The van der Waals surface area contributed by atoms with E-state index in [-0.39, 0.29) is 11.3 Å². The Balaban J connectivity index is 1.50. The van der Waals surface area contributed by atoms with Crippen molar-refractivity contribution in [3.63, 3.8) is 0 Å². The Labute approximate surface area is 190 Å². The van der Waals surface area contributed by atoms with Crippen LogP contribution in [0.2, 0.25) is 0 Å². The second-order valence-electron chi connectivity index (χ2n) is 12.8. The van der Waals surface area contributed by atoms with Crippen LogP contribution in [0.25, 0.3) is 0 Å². The third kappa shape index (κ3) is 3.60. The van der Waals surface area contributed by atoms with Crippen LogP contribution in [0.15, 0.2) is 5.18 Å². The van der Waals surface area contributed by atoms with Crippen LogP contribution in [0.5, 0.6) is 0 Å². The van der Waals surface area contributed by atoms with Crippen molar-refractivity contribution in [1.29, 1.82) is 0 Å². The van der Waals surface area contributed by atoms with Crippen molar-refractivity contribution in [1.82, 2.24) is 0 Å². The lowest BCUT2D eigenvalue weighted by atomic mass is 9.44. The van der Waals surface area contributed by atoms with Gasteiger partial charge in [-0.1, -0.05) is 65.5 Å².